The van der Waals surface area contributed by atoms with Gasteiger partial charge in [0.1, 0.15) is 12.8 Å². The van der Waals surface area contributed by atoms with Crippen molar-refractivity contribution in [2.45, 2.75) is 77.6 Å². The average Bonchev–Trinajstić information content (AvgIpc) is 3.30. The monoisotopic (exact) mass is 527 g/mol. The second kappa shape index (κ2) is 15.7. The van der Waals surface area contributed by atoms with E-state index in [0.717, 1.165) is 34.7 Å². The standard InChI is InChI=1S/C30H39ClN2O2S/c1-3-4-5-6-7-8-9-10-11-12-20-35-29-24(15-14-18-27(29)31)23-28(34)32-26-17-13-16-25(22-26)30-33(2)19-21-36-30/h13-19,21-22H,3-12,20,23H2,1-2H3/p+1. The molecule has 194 valence electrons. The Morgan fingerprint density at radius 1 is 0.972 bits per heavy atom. The summed E-state index contributed by atoms with van der Waals surface area (Å²) in [5.41, 5.74) is 2.67. The highest BCUT2D eigenvalue weighted by Gasteiger charge is 2.15. The molecule has 0 aliphatic heterocycles. The third-order valence-electron chi connectivity index (χ3n) is 6.32. The zero-order valence-corrected chi connectivity index (χ0v) is 23.3. The SMILES string of the molecule is CCCCCCCCCCCCOc1c(Cl)cccc1CC(=O)Nc1cccc(-c2scc[n+]2C)c1. The van der Waals surface area contributed by atoms with Crippen LogP contribution in [0.5, 0.6) is 5.75 Å². The van der Waals surface area contributed by atoms with Crippen molar-refractivity contribution in [2.75, 3.05) is 11.9 Å². The highest BCUT2D eigenvalue weighted by atomic mass is 35.5. The van der Waals surface area contributed by atoms with E-state index in [1.807, 2.05) is 49.6 Å². The molecule has 0 fully saturated rings. The normalized spacial score (nSPS) is 11.0. The van der Waals surface area contributed by atoms with Crippen LogP contribution < -0.4 is 14.6 Å². The van der Waals surface area contributed by atoms with Gasteiger partial charge in [0.15, 0.2) is 6.20 Å². The van der Waals surface area contributed by atoms with Crippen molar-refractivity contribution >= 4 is 34.5 Å². The van der Waals surface area contributed by atoms with Crippen LogP contribution in [0.2, 0.25) is 5.02 Å². The van der Waals surface area contributed by atoms with Gasteiger partial charge in [-0.05, 0) is 30.7 Å². The maximum absolute atomic E-state index is 12.9. The lowest BCUT2D eigenvalue weighted by molar-refractivity contribution is -0.655. The first-order valence-corrected chi connectivity index (χ1v) is 14.6. The van der Waals surface area contributed by atoms with Crippen LogP contribution in [0.4, 0.5) is 5.69 Å². The quantitative estimate of drug-likeness (QED) is 0.150. The molecule has 6 heteroatoms. The zero-order chi connectivity index (χ0) is 25.6. The van der Waals surface area contributed by atoms with Gasteiger partial charge in [0, 0.05) is 11.3 Å². The first kappa shape index (κ1) is 28.2. The van der Waals surface area contributed by atoms with Crippen molar-refractivity contribution in [1.82, 2.24) is 0 Å². The number of halogens is 1. The predicted molar refractivity (Wildman–Crippen MR) is 152 cm³/mol. The van der Waals surface area contributed by atoms with Crippen LogP contribution in [0.15, 0.2) is 54.0 Å². The smallest absolute Gasteiger partial charge is 0.268 e. The highest BCUT2D eigenvalue weighted by Crippen LogP contribution is 2.30. The predicted octanol–water partition coefficient (Wildman–Crippen LogP) is 8.37. The van der Waals surface area contributed by atoms with Crippen LogP contribution in [0, 0.1) is 0 Å². The van der Waals surface area contributed by atoms with Crippen LogP contribution in [0.25, 0.3) is 10.6 Å². The Morgan fingerprint density at radius 3 is 2.36 bits per heavy atom. The van der Waals surface area contributed by atoms with Crippen molar-refractivity contribution in [3.05, 3.63) is 64.6 Å². The summed E-state index contributed by atoms with van der Waals surface area (Å²) in [6.07, 6.45) is 15.1. The van der Waals surface area contributed by atoms with E-state index in [9.17, 15) is 4.79 Å². The summed E-state index contributed by atoms with van der Waals surface area (Å²) in [5.74, 6) is 0.540. The number of unbranched alkanes of at least 4 members (excludes halogenated alkanes) is 9. The van der Waals surface area contributed by atoms with E-state index < -0.39 is 0 Å². The lowest BCUT2D eigenvalue weighted by Crippen LogP contribution is -2.26. The number of ether oxygens (including phenoxy) is 1. The van der Waals surface area contributed by atoms with Crippen molar-refractivity contribution in [1.29, 1.82) is 0 Å². The number of nitrogens with zero attached hydrogens (tertiary/aromatic N) is 1. The maximum Gasteiger partial charge on any atom is 0.268 e. The molecule has 0 unspecified atom stereocenters. The van der Waals surface area contributed by atoms with Crippen LogP contribution in [-0.2, 0) is 18.3 Å². The molecule has 36 heavy (non-hydrogen) atoms. The van der Waals surface area contributed by atoms with Gasteiger partial charge in [-0.3, -0.25) is 4.79 Å². The fourth-order valence-electron chi connectivity index (χ4n) is 4.33. The molecule has 0 spiro atoms. The first-order chi connectivity index (χ1) is 17.6. The van der Waals surface area contributed by atoms with Crippen LogP contribution in [-0.4, -0.2) is 12.5 Å². The van der Waals surface area contributed by atoms with Gasteiger partial charge in [0.2, 0.25) is 5.91 Å². The summed E-state index contributed by atoms with van der Waals surface area (Å²) in [5, 5.41) is 6.78. The Morgan fingerprint density at radius 2 is 1.67 bits per heavy atom. The molecular formula is C30H40ClN2O2S+. The lowest BCUT2D eigenvalue weighted by atomic mass is 10.1. The number of aromatic nitrogens is 1. The summed E-state index contributed by atoms with van der Waals surface area (Å²) in [4.78, 5) is 12.9. The molecule has 0 aliphatic carbocycles. The number of carbonyl (C=O) groups is 1. The molecule has 0 saturated carbocycles. The van der Waals surface area contributed by atoms with Gasteiger partial charge in [-0.2, -0.15) is 4.57 Å². The summed E-state index contributed by atoms with van der Waals surface area (Å²) in [7, 11) is 2.02. The fourth-order valence-corrected chi connectivity index (χ4v) is 5.45. The fraction of sp³-hybridized carbons (Fsp3) is 0.467. The van der Waals surface area contributed by atoms with Crippen LogP contribution in [0.3, 0.4) is 0 Å². The molecule has 1 amide bonds. The molecule has 3 aromatic rings. The number of hydrogen-bond acceptors (Lipinski definition) is 3. The maximum atomic E-state index is 12.9. The highest BCUT2D eigenvalue weighted by molar-refractivity contribution is 7.12. The summed E-state index contributed by atoms with van der Waals surface area (Å²) >= 11 is 8.11. The van der Waals surface area contributed by atoms with Gasteiger partial charge in [-0.15, -0.1) is 0 Å². The van der Waals surface area contributed by atoms with Crippen molar-refractivity contribution in [3.63, 3.8) is 0 Å². The number of nitrogens with one attached hydrogen (secondary N) is 1. The number of para-hydroxylation sites is 1. The van der Waals surface area contributed by atoms with Crippen molar-refractivity contribution in [2.24, 2.45) is 7.05 Å². The van der Waals surface area contributed by atoms with E-state index in [-0.39, 0.29) is 12.3 Å². The third kappa shape index (κ3) is 9.25. The molecule has 1 heterocycles. The van der Waals surface area contributed by atoms with Gasteiger partial charge in [-0.1, -0.05) is 106 Å². The van der Waals surface area contributed by atoms with Crippen molar-refractivity contribution < 1.29 is 14.1 Å². The van der Waals surface area contributed by atoms with Gasteiger partial charge >= 0.3 is 0 Å². The Hall–Kier alpha value is -2.37. The number of rotatable bonds is 16. The Balaban J connectivity index is 1.45. The summed E-state index contributed by atoms with van der Waals surface area (Å²) in [6, 6.07) is 13.5. The number of hydrogen-bond donors (Lipinski definition) is 1. The van der Waals surface area contributed by atoms with E-state index in [1.165, 1.54) is 51.4 Å². The van der Waals surface area contributed by atoms with Gasteiger partial charge in [0.25, 0.3) is 5.01 Å². The van der Waals surface area contributed by atoms with Gasteiger partial charge in [0.05, 0.1) is 29.0 Å². The number of aryl methyl sites for hydroxylation is 1. The summed E-state index contributed by atoms with van der Waals surface area (Å²) in [6.45, 7) is 2.88. The van der Waals surface area contributed by atoms with E-state index in [0.29, 0.717) is 17.4 Å². The number of amides is 1. The topological polar surface area (TPSA) is 42.2 Å². The third-order valence-corrected chi connectivity index (χ3v) is 7.62. The number of thiazole rings is 1. The summed E-state index contributed by atoms with van der Waals surface area (Å²) < 4.78 is 8.14. The molecule has 0 bridgehead atoms. The molecule has 3 rings (SSSR count). The molecule has 4 nitrogen and oxygen atoms in total. The second-order valence-electron chi connectivity index (χ2n) is 9.38. The molecule has 2 aromatic carbocycles. The molecule has 1 N–H and O–H groups in total. The van der Waals surface area contributed by atoms with E-state index in [2.05, 4.69) is 28.3 Å². The van der Waals surface area contributed by atoms with Gasteiger partial charge < -0.3 is 10.1 Å². The second-order valence-corrected chi connectivity index (χ2v) is 10.7. The first-order valence-electron chi connectivity index (χ1n) is 13.3. The molecule has 1 aromatic heterocycles. The number of benzene rings is 2. The van der Waals surface area contributed by atoms with E-state index in [1.54, 1.807) is 11.3 Å². The van der Waals surface area contributed by atoms with E-state index in [4.69, 9.17) is 16.3 Å². The minimum absolute atomic E-state index is 0.0891. The Kier molecular flexibility index (Phi) is 12.3. The molecule has 0 radical (unpaired) electrons. The van der Waals surface area contributed by atoms with Gasteiger partial charge in [-0.25, -0.2) is 0 Å². The minimum Gasteiger partial charge on any atom is -0.492 e. The zero-order valence-electron chi connectivity index (χ0n) is 21.7. The Bertz CT molecular complexity index is 1080. The Labute approximate surface area is 225 Å². The number of anilines is 1. The van der Waals surface area contributed by atoms with E-state index >= 15 is 0 Å². The number of carbonyl (C=O) groups excluding carboxylic acids is 1. The largest absolute Gasteiger partial charge is 0.492 e. The molecule has 0 aliphatic rings. The van der Waals surface area contributed by atoms with Crippen LogP contribution in [0.1, 0.15) is 76.7 Å². The van der Waals surface area contributed by atoms with Crippen molar-refractivity contribution in [3.8, 4) is 16.3 Å². The van der Waals surface area contributed by atoms with Crippen LogP contribution >= 0.6 is 22.9 Å². The molecule has 0 atom stereocenters. The minimum atomic E-state index is -0.0891. The average molecular weight is 528 g/mol. The lowest BCUT2D eigenvalue weighted by Gasteiger charge is -2.13. The molecule has 0 saturated heterocycles. The molecular weight excluding hydrogens is 488 g/mol.